The van der Waals surface area contributed by atoms with Crippen molar-refractivity contribution in [2.24, 2.45) is 29.6 Å². The largest absolute Gasteiger partial charge is 0.376 e. The first-order valence-electron chi connectivity index (χ1n) is 12.0. The van der Waals surface area contributed by atoms with E-state index in [1.807, 2.05) is 7.11 Å². The number of methoxy groups -OCH3 is 1. The van der Waals surface area contributed by atoms with Crippen molar-refractivity contribution >= 4 is 0 Å². The van der Waals surface area contributed by atoms with Gasteiger partial charge >= 0.3 is 0 Å². The van der Waals surface area contributed by atoms with Gasteiger partial charge in [0.25, 0.3) is 0 Å². The topological polar surface area (TPSA) is 9.23 Å². The highest BCUT2D eigenvalue weighted by Crippen LogP contribution is 2.44. The van der Waals surface area contributed by atoms with Gasteiger partial charge in [-0.05, 0) is 99.9 Å². The lowest BCUT2D eigenvalue weighted by Gasteiger charge is -2.39. The van der Waals surface area contributed by atoms with Gasteiger partial charge in [0.2, 0.25) is 0 Å². The molecule has 160 valence electrons. The van der Waals surface area contributed by atoms with E-state index in [4.69, 9.17) is 4.74 Å². The Bertz CT molecular complexity index is 630. The summed E-state index contributed by atoms with van der Waals surface area (Å²) in [5, 5.41) is 0. The number of allylic oxidation sites excluding steroid dienone is 2. The van der Waals surface area contributed by atoms with E-state index in [2.05, 4.69) is 62.9 Å². The Labute approximate surface area is 179 Å². The van der Waals surface area contributed by atoms with Crippen LogP contribution < -0.4 is 0 Å². The molecule has 0 bridgehead atoms. The van der Waals surface area contributed by atoms with Crippen LogP contribution >= 0.6 is 0 Å². The molecule has 2 unspecified atom stereocenters. The summed E-state index contributed by atoms with van der Waals surface area (Å²) in [7, 11) is 1.85. The predicted molar refractivity (Wildman–Crippen MR) is 125 cm³/mol. The second-order valence-electron chi connectivity index (χ2n) is 9.58. The van der Waals surface area contributed by atoms with Crippen molar-refractivity contribution in [1.82, 2.24) is 0 Å². The van der Waals surface area contributed by atoms with Gasteiger partial charge in [0.15, 0.2) is 0 Å². The summed E-state index contributed by atoms with van der Waals surface area (Å²) in [4.78, 5) is 0. The predicted octanol–water partition coefficient (Wildman–Crippen LogP) is 8.15. The highest BCUT2D eigenvalue weighted by atomic mass is 16.5. The SMILES string of the molecule is C=CC1CCC(C(C)C2CCC(/C(=C/C)CC(OC)c3ccccc3)CC2)CC1. The Balaban J connectivity index is 1.51. The molecule has 1 heteroatoms. The van der Waals surface area contributed by atoms with Crippen LogP contribution in [0.15, 0.2) is 54.6 Å². The quantitative estimate of drug-likeness (QED) is 0.404. The molecule has 2 atom stereocenters. The maximum atomic E-state index is 5.87. The Morgan fingerprint density at radius 1 is 1.00 bits per heavy atom. The first-order valence-corrected chi connectivity index (χ1v) is 12.0. The van der Waals surface area contributed by atoms with Crippen LogP contribution in [0.4, 0.5) is 0 Å². The van der Waals surface area contributed by atoms with Crippen molar-refractivity contribution in [3.05, 3.63) is 60.2 Å². The average Bonchev–Trinajstić information content (AvgIpc) is 2.80. The van der Waals surface area contributed by atoms with Gasteiger partial charge in [-0.2, -0.15) is 0 Å². The van der Waals surface area contributed by atoms with Crippen LogP contribution in [-0.4, -0.2) is 7.11 Å². The van der Waals surface area contributed by atoms with Crippen LogP contribution in [-0.2, 0) is 4.74 Å². The highest BCUT2D eigenvalue weighted by Gasteiger charge is 2.33. The number of hydrogen-bond donors (Lipinski definition) is 0. The van der Waals surface area contributed by atoms with E-state index in [9.17, 15) is 0 Å². The van der Waals surface area contributed by atoms with Gasteiger partial charge < -0.3 is 4.74 Å². The maximum absolute atomic E-state index is 5.87. The lowest BCUT2D eigenvalue weighted by Crippen LogP contribution is -2.28. The molecule has 29 heavy (non-hydrogen) atoms. The van der Waals surface area contributed by atoms with Crippen LogP contribution in [0.5, 0.6) is 0 Å². The summed E-state index contributed by atoms with van der Waals surface area (Å²) in [5.41, 5.74) is 2.91. The van der Waals surface area contributed by atoms with Gasteiger partial charge in [-0.3, -0.25) is 0 Å². The molecule has 0 saturated heterocycles. The van der Waals surface area contributed by atoms with Crippen LogP contribution in [0.25, 0.3) is 0 Å². The number of hydrogen-bond acceptors (Lipinski definition) is 1. The summed E-state index contributed by atoms with van der Waals surface area (Å²) in [6, 6.07) is 10.7. The molecular formula is C28H42O. The maximum Gasteiger partial charge on any atom is 0.0858 e. The van der Waals surface area contributed by atoms with Gasteiger partial charge in [-0.15, -0.1) is 6.58 Å². The van der Waals surface area contributed by atoms with E-state index in [0.717, 1.165) is 36.0 Å². The fourth-order valence-electron chi connectivity index (χ4n) is 6.05. The molecule has 3 rings (SSSR count). The molecular weight excluding hydrogens is 352 g/mol. The first kappa shape index (κ1) is 22.3. The molecule has 0 heterocycles. The molecule has 0 amide bonds. The van der Waals surface area contributed by atoms with Crippen molar-refractivity contribution in [2.45, 2.75) is 77.7 Å². The lowest BCUT2D eigenvalue weighted by atomic mass is 9.66. The molecule has 0 aliphatic heterocycles. The van der Waals surface area contributed by atoms with E-state index >= 15 is 0 Å². The molecule has 2 aliphatic rings. The van der Waals surface area contributed by atoms with Gasteiger partial charge in [0.05, 0.1) is 6.10 Å². The molecule has 1 aromatic rings. The van der Waals surface area contributed by atoms with Gasteiger partial charge in [0.1, 0.15) is 0 Å². The normalized spacial score (nSPS) is 30.5. The minimum Gasteiger partial charge on any atom is -0.376 e. The highest BCUT2D eigenvalue weighted by molar-refractivity contribution is 5.21. The number of benzene rings is 1. The zero-order valence-corrected chi connectivity index (χ0v) is 19.0. The third-order valence-electron chi connectivity index (χ3n) is 8.18. The molecule has 2 saturated carbocycles. The monoisotopic (exact) mass is 394 g/mol. The second-order valence-corrected chi connectivity index (χ2v) is 9.58. The van der Waals surface area contributed by atoms with Crippen LogP contribution in [0.2, 0.25) is 0 Å². The molecule has 0 aromatic heterocycles. The van der Waals surface area contributed by atoms with E-state index in [1.54, 1.807) is 5.57 Å². The average molecular weight is 395 g/mol. The van der Waals surface area contributed by atoms with Crippen molar-refractivity contribution in [3.63, 3.8) is 0 Å². The lowest BCUT2D eigenvalue weighted by molar-refractivity contribution is 0.0969. The summed E-state index contributed by atoms with van der Waals surface area (Å²) in [5.74, 6) is 4.31. The van der Waals surface area contributed by atoms with Gasteiger partial charge in [0, 0.05) is 7.11 Å². The molecule has 0 spiro atoms. The smallest absolute Gasteiger partial charge is 0.0858 e. The fourth-order valence-corrected chi connectivity index (χ4v) is 6.05. The summed E-state index contributed by atoms with van der Waals surface area (Å²) in [6.07, 6.45) is 16.9. The molecule has 1 aromatic carbocycles. The number of rotatable bonds is 8. The minimum absolute atomic E-state index is 0.180. The molecule has 2 aliphatic carbocycles. The Morgan fingerprint density at radius 3 is 2.10 bits per heavy atom. The van der Waals surface area contributed by atoms with Crippen molar-refractivity contribution in [2.75, 3.05) is 7.11 Å². The third-order valence-corrected chi connectivity index (χ3v) is 8.18. The van der Waals surface area contributed by atoms with Gasteiger partial charge in [-0.25, -0.2) is 0 Å². The molecule has 2 fully saturated rings. The van der Waals surface area contributed by atoms with Crippen molar-refractivity contribution in [3.8, 4) is 0 Å². The van der Waals surface area contributed by atoms with E-state index < -0.39 is 0 Å². The van der Waals surface area contributed by atoms with E-state index in [0.29, 0.717) is 0 Å². The van der Waals surface area contributed by atoms with Crippen LogP contribution in [0, 0.1) is 29.6 Å². The van der Waals surface area contributed by atoms with Crippen molar-refractivity contribution < 1.29 is 4.74 Å². The Hall–Kier alpha value is -1.34. The molecule has 0 radical (unpaired) electrons. The number of ether oxygens (including phenoxy) is 1. The molecule has 0 N–H and O–H groups in total. The fraction of sp³-hybridized carbons (Fsp3) is 0.643. The summed E-state index contributed by atoms with van der Waals surface area (Å²) in [6.45, 7) is 8.78. The zero-order chi connectivity index (χ0) is 20.6. The van der Waals surface area contributed by atoms with Crippen LogP contribution in [0.1, 0.15) is 83.3 Å². The molecule has 1 nitrogen and oxygen atoms in total. The Kier molecular flexibility index (Phi) is 8.60. The zero-order valence-electron chi connectivity index (χ0n) is 19.0. The van der Waals surface area contributed by atoms with E-state index in [-0.39, 0.29) is 6.10 Å². The van der Waals surface area contributed by atoms with Crippen LogP contribution in [0.3, 0.4) is 0 Å². The minimum atomic E-state index is 0.180. The second kappa shape index (κ2) is 11.2. The third kappa shape index (κ3) is 5.85. The standard InChI is InChI=1S/C28H42O/c1-5-22-12-14-24(15-13-22)21(3)25-16-18-26(19-17-25)23(6-2)20-28(29-4)27-10-8-7-9-11-27/h5-11,21-22,24-26,28H,1,12-20H2,2-4H3/b23-6+. The first-order chi connectivity index (χ1) is 14.2. The van der Waals surface area contributed by atoms with Gasteiger partial charge in [-0.1, -0.05) is 55.0 Å². The van der Waals surface area contributed by atoms with Crippen molar-refractivity contribution in [1.29, 1.82) is 0 Å². The Morgan fingerprint density at radius 2 is 1.59 bits per heavy atom. The summed E-state index contributed by atoms with van der Waals surface area (Å²) >= 11 is 0. The summed E-state index contributed by atoms with van der Waals surface area (Å²) < 4.78 is 5.87. The van der Waals surface area contributed by atoms with E-state index in [1.165, 1.54) is 56.9 Å².